The maximum absolute atomic E-state index is 14.7. The zero-order chi connectivity index (χ0) is 31.7. The molecule has 1 aromatic carbocycles. The summed E-state index contributed by atoms with van der Waals surface area (Å²) in [5, 5.41) is 16.6. The van der Waals surface area contributed by atoms with Gasteiger partial charge < -0.3 is 15.1 Å². The van der Waals surface area contributed by atoms with Crippen molar-refractivity contribution in [3.05, 3.63) is 41.2 Å². The summed E-state index contributed by atoms with van der Waals surface area (Å²) in [6.07, 6.45) is 9.07. The molecule has 3 heterocycles. The van der Waals surface area contributed by atoms with E-state index in [0.29, 0.717) is 29.2 Å². The van der Waals surface area contributed by atoms with Crippen LogP contribution >= 0.6 is 0 Å². The van der Waals surface area contributed by atoms with Crippen molar-refractivity contribution in [2.75, 3.05) is 6.54 Å². The Bertz CT molecular complexity index is 1310. The lowest BCUT2D eigenvalue weighted by atomic mass is 9.69. The highest BCUT2D eigenvalue weighted by atomic mass is 16.2. The van der Waals surface area contributed by atoms with E-state index in [2.05, 4.69) is 84.2 Å². The average Bonchev–Trinajstić information content (AvgIpc) is 3.59. The fourth-order valence-electron chi connectivity index (χ4n) is 7.32. The number of aromatic amines is 1. The van der Waals surface area contributed by atoms with Crippen molar-refractivity contribution < 1.29 is 9.59 Å². The van der Waals surface area contributed by atoms with Crippen molar-refractivity contribution in [3.8, 4) is 0 Å². The molecule has 1 saturated carbocycles. The SMILES string of the molecule is CC1CCCCN1C1=NC2(CCC(C(C)(C)C)CC2)N([C@H](CCC(C)(C)C)c2ccc(C(=O)NCc3nn[nH]n3)cc2)C1=O. The molecule has 3 aliphatic rings. The van der Waals surface area contributed by atoms with E-state index in [1.165, 1.54) is 6.42 Å². The normalized spacial score (nSPS) is 25.3. The summed E-state index contributed by atoms with van der Waals surface area (Å²) < 4.78 is 0. The second-order valence-electron chi connectivity index (χ2n) is 15.5. The number of amides is 2. The lowest BCUT2D eigenvalue weighted by molar-refractivity contribution is -0.134. The highest BCUT2D eigenvalue weighted by Crippen LogP contribution is 2.50. The van der Waals surface area contributed by atoms with Crippen molar-refractivity contribution >= 4 is 17.6 Å². The molecular formula is C34H52N8O2. The van der Waals surface area contributed by atoms with E-state index in [0.717, 1.165) is 63.5 Å². The Balaban J connectivity index is 1.47. The highest BCUT2D eigenvalue weighted by Gasteiger charge is 2.54. The van der Waals surface area contributed by atoms with E-state index in [9.17, 15) is 9.59 Å². The van der Waals surface area contributed by atoms with Gasteiger partial charge in [0.25, 0.3) is 11.8 Å². The fourth-order valence-corrected chi connectivity index (χ4v) is 7.32. The van der Waals surface area contributed by atoms with Gasteiger partial charge in [0.2, 0.25) is 0 Å². The van der Waals surface area contributed by atoms with Crippen LogP contribution in [0.2, 0.25) is 0 Å². The monoisotopic (exact) mass is 604 g/mol. The Morgan fingerprint density at radius 3 is 2.36 bits per heavy atom. The number of aromatic nitrogens is 4. The molecule has 5 rings (SSSR count). The number of carbonyl (C=O) groups is 2. The van der Waals surface area contributed by atoms with Gasteiger partial charge in [-0.2, -0.15) is 5.21 Å². The third-order valence-corrected chi connectivity index (χ3v) is 10.1. The summed E-state index contributed by atoms with van der Waals surface area (Å²) >= 11 is 0. The summed E-state index contributed by atoms with van der Waals surface area (Å²) in [5.74, 6) is 1.58. The molecule has 10 nitrogen and oxygen atoms in total. The molecule has 1 aliphatic carbocycles. The standard InChI is InChI=1S/C34H52N8O2/c1-23-10-8-9-21-41(23)29-31(44)42(34(36-29)19-15-26(16-20-34)33(5,6)7)27(17-18-32(2,3)4)24-11-13-25(14-12-24)30(43)35-22-28-37-39-40-38-28/h11-14,23,26-27H,8-10,15-22H2,1-7H3,(H,35,43)(H,37,38,39,40)/t23?,26?,27-,34?/m1/s1. The van der Waals surface area contributed by atoms with E-state index < -0.39 is 5.66 Å². The van der Waals surface area contributed by atoms with Crippen LogP contribution in [-0.4, -0.2) is 66.3 Å². The molecule has 2 N–H and O–H groups in total. The zero-order valence-corrected chi connectivity index (χ0v) is 27.8. The molecule has 2 fully saturated rings. The predicted molar refractivity (Wildman–Crippen MR) is 172 cm³/mol. The first kappa shape index (κ1) is 32.1. The topological polar surface area (TPSA) is 119 Å². The van der Waals surface area contributed by atoms with Crippen LogP contribution in [0.25, 0.3) is 0 Å². The van der Waals surface area contributed by atoms with Gasteiger partial charge in [-0.05, 0) is 99.2 Å². The largest absolute Gasteiger partial charge is 0.350 e. The highest BCUT2D eigenvalue weighted by molar-refractivity contribution is 6.39. The maximum atomic E-state index is 14.7. The molecule has 44 heavy (non-hydrogen) atoms. The number of nitrogens with zero attached hydrogens (tertiary/aromatic N) is 6. The number of benzene rings is 1. The number of hydrogen-bond acceptors (Lipinski definition) is 7. The summed E-state index contributed by atoms with van der Waals surface area (Å²) in [7, 11) is 0. The minimum atomic E-state index is -0.533. The van der Waals surface area contributed by atoms with Gasteiger partial charge in [0, 0.05) is 18.2 Å². The smallest absolute Gasteiger partial charge is 0.291 e. The minimum absolute atomic E-state index is 0.0776. The van der Waals surface area contributed by atoms with Crippen LogP contribution < -0.4 is 5.32 Å². The van der Waals surface area contributed by atoms with Crippen molar-refractivity contribution in [1.29, 1.82) is 0 Å². The Morgan fingerprint density at radius 2 is 1.77 bits per heavy atom. The molecule has 0 bridgehead atoms. The van der Waals surface area contributed by atoms with Crippen molar-refractivity contribution in [3.63, 3.8) is 0 Å². The van der Waals surface area contributed by atoms with Gasteiger partial charge in [-0.25, -0.2) is 4.99 Å². The Morgan fingerprint density at radius 1 is 1.07 bits per heavy atom. The number of hydrogen-bond donors (Lipinski definition) is 2. The minimum Gasteiger partial charge on any atom is -0.350 e. The molecule has 10 heteroatoms. The Labute approximate surface area is 262 Å². The first-order chi connectivity index (χ1) is 20.8. The van der Waals surface area contributed by atoms with E-state index in [4.69, 9.17) is 4.99 Å². The van der Waals surface area contributed by atoms with Gasteiger partial charge in [0.1, 0.15) is 5.66 Å². The van der Waals surface area contributed by atoms with E-state index in [1.54, 1.807) is 0 Å². The lowest BCUT2D eigenvalue weighted by Crippen LogP contribution is -2.53. The summed E-state index contributed by atoms with van der Waals surface area (Å²) in [5.41, 5.74) is 1.42. The van der Waals surface area contributed by atoms with Gasteiger partial charge in [0.05, 0.1) is 12.6 Å². The summed E-state index contributed by atoms with van der Waals surface area (Å²) in [6.45, 7) is 17.1. The number of likely N-dealkylation sites (tertiary alicyclic amines) is 1. The lowest BCUT2D eigenvalue weighted by Gasteiger charge is -2.47. The second-order valence-corrected chi connectivity index (χ2v) is 15.5. The van der Waals surface area contributed by atoms with Crippen molar-refractivity contribution in [1.82, 2.24) is 35.7 Å². The Hall–Kier alpha value is -3.30. The van der Waals surface area contributed by atoms with Crippen molar-refractivity contribution in [2.45, 2.75) is 131 Å². The Kier molecular flexibility index (Phi) is 9.19. The number of amidine groups is 1. The fraction of sp³-hybridized carbons (Fsp3) is 0.706. The summed E-state index contributed by atoms with van der Waals surface area (Å²) in [4.78, 5) is 37.5. The predicted octanol–water partition coefficient (Wildman–Crippen LogP) is 6.04. The molecule has 0 radical (unpaired) electrons. The van der Waals surface area contributed by atoms with Crippen LogP contribution in [0, 0.1) is 16.7 Å². The van der Waals surface area contributed by atoms with Crippen LogP contribution in [0.3, 0.4) is 0 Å². The molecule has 2 aliphatic heterocycles. The second kappa shape index (κ2) is 12.6. The molecule has 2 amide bonds. The molecular weight excluding hydrogens is 552 g/mol. The van der Waals surface area contributed by atoms with Crippen LogP contribution in [-0.2, 0) is 11.3 Å². The van der Waals surface area contributed by atoms with E-state index >= 15 is 0 Å². The number of tetrazole rings is 1. The van der Waals surface area contributed by atoms with Gasteiger partial charge in [0.15, 0.2) is 11.7 Å². The van der Waals surface area contributed by atoms with Crippen LogP contribution in [0.15, 0.2) is 29.3 Å². The van der Waals surface area contributed by atoms with Gasteiger partial charge >= 0.3 is 0 Å². The van der Waals surface area contributed by atoms with Crippen LogP contribution in [0.1, 0.15) is 134 Å². The molecule has 1 aromatic heterocycles. The van der Waals surface area contributed by atoms with E-state index in [-0.39, 0.29) is 35.2 Å². The zero-order valence-electron chi connectivity index (χ0n) is 27.8. The number of rotatable bonds is 7. The quantitative estimate of drug-likeness (QED) is 0.397. The van der Waals surface area contributed by atoms with Gasteiger partial charge in [-0.1, -0.05) is 58.9 Å². The molecule has 2 atom stereocenters. The number of H-pyrrole nitrogens is 1. The third kappa shape index (κ3) is 6.99. The molecule has 1 spiro atoms. The maximum Gasteiger partial charge on any atom is 0.291 e. The molecule has 240 valence electrons. The van der Waals surface area contributed by atoms with Crippen molar-refractivity contribution in [2.24, 2.45) is 21.7 Å². The first-order valence-electron chi connectivity index (χ1n) is 16.6. The number of nitrogens with one attached hydrogen (secondary N) is 2. The summed E-state index contributed by atoms with van der Waals surface area (Å²) in [6, 6.07) is 7.96. The number of carbonyl (C=O) groups excluding carboxylic acids is 2. The molecule has 1 unspecified atom stereocenters. The number of aliphatic imine (C=N–C) groups is 1. The van der Waals surface area contributed by atoms with Gasteiger partial charge in [-0.15, -0.1) is 10.2 Å². The van der Waals surface area contributed by atoms with Crippen LogP contribution in [0.5, 0.6) is 0 Å². The third-order valence-electron chi connectivity index (χ3n) is 10.1. The van der Waals surface area contributed by atoms with Crippen LogP contribution in [0.4, 0.5) is 0 Å². The molecule has 1 saturated heterocycles. The number of piperidine rings is 1. The van der Waals surface area contributed by atoms with E-state index in [1.807, 2.05) is 24.3 Å². The first-order valence-corrected chi connectivity index (χ1v) is 16.6. The molecule has 2 aromatic rings. The van der Waals surface area contributed by atoms with Gasteiger partial charge in [-0.3, -0.25) is 9.59 Å². The average molecular weight is 605 g/mol.